The zero-order valence-electron chi connectivity index (χ0n) is 15.2. The topological polar surface area (TPSA) is 107 Å². The van der Waals surface area contributed by atoms with E-state index >= 15 is 0 Å². The van der Waals surface area contributed by atoms with Crippen LogP contribution in [0.3, 0.4) is 0 Å². The number of rotatable bonds is 11. The minimum Gasteiger partial charge on any atom is -0.490 e. The first-order valence-corrected chi connectivity index (χ1v) is 10.2. The predicted molar refractivity (Wildman–Crippen MR) is 104 cm³/mol. The van der Waals surface area contributed by atoms with Crippen molar-refractivity contribution in [2.24, 2.45) is 11.8 Å². The summed E-state index contributed by atoms with van der Waals surface area (Å²) in [7, 11) is 0. The van der Waals surface area contributed by atoms with Gasteiger partial charge in [-0.15, -0.1) is 11.3 Å². The van der Waals surface area contributed by atoms with Crippen LogP contribution in [0.25, 0.3) is 0 Å². The molecule has 0 unspecified atom stereocenters. The summed E-state index contributed by atoms with van der Waals surface area (Å²) in [5.74, 6) is -0.449. The van der Waals surface area contributed by atoms with Gasteiger partial charge in [0, 0.05) is 24.1 Å². The Kier molecular flexibility index (Phi) is 9.00. The fraction of sp³-hybridized carbons (Fsp3) is 0.550. The Balaban J connectivity index is 1.81. The second kappa shape index (κ2) is 11.2. The van der Waals surface area contributed by atoms with Gasteiger partial charge in [0.1, 0.15) is 18.5 Å². The molecule has 1 aliphatic carbocycles. The van der Waals surface area contributed by atoms with Crippen molar-refractivity contribution < 1.29 is 30.0 Å². The third-order valence-corrected chi connectivity index (χ3v) is 5.39. The van der Waals surface area contributed by atoms with Crippen molar-refractivity contribution in [2.45, 2.75) is 50.4 Å². The molecule has 0 radical (unpaired) electrons. The summed E-state index contributed by atoms with van der Waals surface area (Å²) in [5.41, 5.74) is 0. The second-order valence-corrected chi connectivity index (χ2v) is 7.61. The molecule has 5 atom stereocenters. The normalized spacial score (nSPS) is 26.8. The third kappa shape index (κ3) is 7.46. The molecule has 1 aromatic heterocycles. The Hall–Kier alpha value is -1.67. The predicted octanol–water partition coefficient (Wildman–Crippen LogP) is 2.60. The van der Waals surface area contributed by atoms with E-state index in [1.807, 2.05) is 29.0 Å². The van der Waals surface area contributed by atoms with Gasteiger partial charge in [0.15, 0.2) is 0 Å². The first kappa shape index (κ1) is 21.6. The largest absolute Gasteiger partial charge is 0.490 e. The van der Waals surface area contributed by atoms with Gasteiger partial charge in [-0.2, -0.15) is 0 Å². The van der Waals surface area contributed by atoms with Crippen molar-refractivity contribution in [1.82, 2.24) is 0 Å². The number of ether oxygens (including phenoxy) is 1. The van der Waals surface area contributed by atoms with Crippen molar-refractivity contribution in [2.75, 3.05) is 6.61 Å². The molecule has 0 bridgehead atoms. The van der Waals surface area contributed by atoms with E-state index in [4.69, 9.17) is 9.84 Å². The number of carboxylic acids is 1. The molecule has 1 saturated carbocycles. The third-order valence-electron chi connectivity index (χ3n) is 4.72. The van der Waals surface area contributed by atoms with E-state index in [1.54, 1.807) is 12.2 Å². The highest BCUT2D eigenvalue weighted by Crippen LogP contribution is 2.36. The Morgan fingerprint density at radius 1 is 1.33 bits per heavy atom. The van der Waals surface area contributed by atoms with Crippen LogP contribution in [0.1, 0.15) is 32.1 Å². The molecule has 4 N–H and O–H groups in total. The quantitative estimate of drug-likeness (QED) is 0.338. The highest BCUT2D eigenvalue weighted by atomic mass is 32.1. The van der Waals surface area contributed by atoms with E-state index in [0.29, 0.717) is 25.7 Å². The lowest BCUT2D eigenvalue weighted by molar-refractivity contribution is -0.137. The number of aliphatic hydroxyl groups excluding tert-OH is 3. The maximum atomic E-state index is 10.5. The highest BCUT2D eigenvalue weighted by molar-refractivity contribution is 7.08. The minimum absolute atomic E-state index is 0.128. The minimum atomic E-state index is -0.801. The smallest absolute Gasteiger partial charge is 0.303 e. The summed E-state index contributed by atoms with van der Waals surface area (Å²) in [6, 6.07) is 1.83. The van der Waals surface area contributed by atoms with E-state index in [9.17, 15) is 20.1 Å². The van der Waals surface area contributed by atoms with Crippen molar-refractivity contribution in [3.8, 4) is 5.75 Å². The Morgan fingerprint density at radius 2 is 2.15 bits per heavy atom. The molecule has 0 aromatic carbocycles. The number of carbonyl (C=O) groups is 1. The van der Waals surface area contributed by atoms with Crippen LogP contribution in [0.15, 0.2) is 41.1 Å². The van der Waals surface area contributed by atoms with Crippen LogP contribution in [0.5, 0.6) is 5.75 Å². The summed E-state index contributed by atoms with van der Waals surface area (Å²) in [5, 5.41) is 42.8. The Labute approximate surface area is 163 Å². The number of carboxylic acid groups (broad SMARTS) is 1. The summed E-state index contributed by atoms with van der Waals surface area (Å²) >= 11 is 1.52. The lowest BCUT2D eigenvalue weighted by Crippen LogP contribution is -2.21. The van der Waals surface area contributed by atoms with Crippen molar-refractivity contribution >= 4 is 17.3 Å². The van der Waals surface area contributed by atoms with Crippen LogP contribution in [-0.2, 0) is 4.79 Å². The molecule has 150 valence electrons. The summed E-state index contributed by atoms with van der Waals surface area (Å²) in [6.07, 6.45) is 7.52. The molecule has 27 heavy (non-hydrogen) atoms. The van der Waals surface area contributed by atoms with Gasteiger partial charge in [0.25, 0.3) is 0 Å². The molecule has 1 aliphatic rings. The number of hydrogen-bond acceptors (Lipinski definition) is 6. The van der Waals surface area contributed by atoms with E-state index < -0.39 is 24.3 Å². The number of aliphatic hydroxyl groups is 3. The van der Waals surface area contributed by atoms with Crippen molar-refractivity contribution in [3.05, 3.63) is 41.1 Å². The fourth-order valence-electron chi connectivity index (χ4n) is 3.28. The van der Waals surface area contributed by atoms with E-state index in [0.717, 1.165) is 5.75 Å². The number of aliphatic carboxylic acids is 1. The summed E-state index contributed by atoms with van der Waals surface area (Å²) < 4.78 is 5.46. The van der Waals surface area contributed by atoms with Gasteiger partial charge < -0.3 is 25.2 Å². The lowest BCUT2D eigenvalue weighted by atomic mass is 9.89. The van der Waals surface area contributed by atoms with E-state index in [-0.39, 0.29) is 24.9 Å². The highest BCUT2D eigenvalue weighted by Gasteiger charge is 2.39. The molecule has 0 aliphatic heterocycles. The molecular formula is C20H28O6S. The second-order valence-electron chi connectivity index (χ2n) is 6.83. The first-order chi connectivity index (χ1) is 13.0. The molecule has 0 saturated heterocycles. The van der Waals surface area contributed by atoms with Crippen molar-refractivity contribution in [1.29, 1.82) is 0 Å². The molecule has 6 nitrogen and oxygen atoms in total. The van der Waals surface area contributed by atoms with Crippen LogP contribution in [-0.4, -0.2) is 51.3 Å². The average molecular weight is 397 g/mol. The zero-order chi connectivity index (χ0) is 19.6. The SMILES string of the molecule is O=C(O)CCC/C=C\C[C@@H]1[C@@H](/C=C/[C@H](O)COc2ccsc2)[C@H](O)C[C@@H]1O. The molecule has 2 rings (SSSR count). The molecule has 1 aromatic rings. The monoisotopic (exact) mass is 396 g/mol. The van der Waals surface area contributed by atoms with Gasteiger partial charge >= 0.3 is 5.97 Å². The van der Waals surface area contributed by atoms with E-state index in [2.05, 4.69) is 0 Å². The molecule has 0 amide bonds. The van der Waals surface area contributed by atoms with Crippen LogP contribution < -0.4 is 4.74 Å². The standard InChI is InChI=1S/C20H28O6S/c21-14(12-26-15-9-10-27-13-15)7-8-17-16(18(22)11-19(17)23)5-3-1-2-4-6-20(24)25/h1,3,7-10,13-14,16-19,21-23H,2,4-6,11-12H2,(H,24,25)/b3-1-,8-7+/t14-,16+,17+,18-,19+/m0/s1. The van der Waals surface area contributed by atoms with Crippen LogP contribution in [0.2, 0.25) is 0 Å². The molecule has 1 fully saturated rings. The zero-order valence-corrected chi connectivity index (χ0v) is 16.0. The first-order valence-electron chi connectivity index (χ1n) is 9.21. The van der Waals surface area contributed by atoms with E-state index in [1.165, 1.54) is 11.3 Å². The summed E-state index contributed by atoms with van der Waals surface area (Å²) in [4.78, 5) is 10.5. The van der Waals surface area contributed by atoms with Gasteiger partial charge in [0.2, 0.25) is 0 Å². The van der Waals surface area contributed by atoms with Crippen LogP contribution >= 0.6 is 11.3 Å². The average Bonchev–Trinajstić information content (AvgIpc) is 3.22. The van der Waals surface area contributed by atoms with Gasteiger partial charge in [0.05, 0.1) is 12.2 Å². The number of unbranched alkanes of at least 4 members (excludes halogenated alkanes) is 1. The summed E-state index contributed by atoms with van der Waals surface area (Å²) in [6.45, 7) is 0.132. The number of hydrogen-bond donors (Lipinski definition) is 4. The number of allylic oxidation sites excluding steroid dienone is 2. The maximum Gasteiger partial charge on any atom is 0.303 e. The van der Waals surface area contributed by atoms with Crippen molar-refractivity contribution in [3.63, 3.8) is 0 Å². The van der Waals surface area contributed by atoms with Gasteiger partial charge in [-0.05, 0) is 36.6 Å². The van der Waals surface area contributed by atoms with Gasteiger partial charge in [-0.3, -0.25) is 4.79 Å². The van der Waals surface area contributed by atoms with Crippen LogP contribution in [0, 0.1) is 11.8 Å². The molecule has 7 heteroatoms. The molecule has 0 spiro atoms. The molecular weight excluding hydrogens is 368 g/mol. The lowest BCUT2D eigenvalue weighted by Gasteiger charge is -2.19. The van der Waals surface area contributed by atoms with Gasteiger partial charge in [-0.1, -0.05) is 24.3 Å². The Bertz CT molecular complexity index is 612. The Morgan fingerprint density at radius 3 is 2.85 bits per heavy atom. The van der Waals surface area contributed by atoms with Gasteiger partial charge in [-0.25, -0.2) is 0 Å². The fourth-order valence-corrected chi connectivity index (χ4v) is 3.85. The molecule has 1 heterocycles. The number of thiophene rings is 1. The van der Waals surface area contributed by atoms with Crippen LogP contribution in [0.4, 0.5) is 0 Å². The maximum absolute atomic E-state index is 10.5.